The fraction of sp³-hybridized carbons (Fsp3) is 0.0588. The molecule has 0 aliphatic carbocycles. The van der Waals surface area contributed by atoms with Crippen LogP contribution in [0, 0.1) is 0 Å². The molecule has 37 heavy (non-hydrogen) atoms. The Morgan fingerprint density at radius 3 is 2.65 bits per heavy atom. The van der Waals surface area contributed by atoms with Crippen LogP contribution in [0.2, 0.25) is 0 Å². The van der Waals surface area contributed by atoms with Gasteiger partial charge in [0.1, 0.15) is 0 Å². The molecule has 4 aromatic rings. The lowest BCUT2D eigenvalue weighted by Gasteiger charge is -2.17. The molecular weight excluding hydrogens is 468 g/mol. The molecule has 2 aliphatic rings. The van der Waals surface area contributed by atoms with Crippen molar-refractivity contribution in [1.82, 2.24) is 9.88 Å². The lowest BCUT2D eigenvalue weighted by atomic mass is 9.99. The van der Waals surface area contributed by atoms with Gasteiger partial charge in [-0.3, -0.25) is 0 Å². The molecule has 3 heteroatoms. The van der Waals surface area contributed by atoms with Crippen molar-refractivity contribution in [3.8, 4) is 0 Å². The molecule has 3 heterocycles. The lowest BCUT2D eigenvalue weighted by molar-refractivity contribution is 0.844. The van der Waals surface area contributed by atoms with Crippen LogP contribution < -0.4 is 5.32 Å². The van der Waals surface area contributed by atoms with E-state index in [0.717, 1.165) is 24.4 Å². The molecule has 1 aromatic heterocycles. The molecule has 0 unspecified atom stereocenters. The zero-order chi connectivity index (χ0) is 25.2. The van der Waals surface area contributed by atoms with Crippen molar-refractivity contribution >= 4 is 45.6 Å². The largest absolute Gasteiger partial charge is 0.381 e. The second-order valence-electron chi connectivity index (χ2n) is 9.14. The van der Waals surface area contributed by atoms with Crippen molar-refractivity contribution in [3.05, 3.63) is 145 Å². The Labute approximate surface area is 222 Å². The summed E-state index contributed by atoms with van der Waals surface area (Å²) in [7, 11) is 0. The summed E-state index contributed by atoms with van der Waals surface area (Å²) in [5, 5.41) is 4.85. The number of fused-ring (bicyclic) bond motifs is 4. The third-order valence-electron chi connectivity index (χ3n) is 6.84. The van der Waals surface area contributed by atoms with Crippen molar-refractivity contribution in [2.45, 2.75) is 16.3 Å². The minimum absolute atomic E-state index is 0.766. The number of nitrogens with zero attached hydrogens (tertiary/aromatic N) is 1. The van der Waals surface area contributed by atoms with Gasteiger partial charge >= 0.3 is 0 Å². The zero-order valence-electron chi connectivity index (χ0n) is 20.7. The standard InChI is InChI=1S/C34H28N2S/c1-3-4-10-21-36-31-18-15-24(2)28-13-8-9-14-33(28)37-34(31)29-17-16-27(23-32(29)36)30-22-26(19-20-35-30)25-11-6-5-7-12-25/h3-19,22-23,35H,1-2,20-21H2/b10-4-,18-15-. The summed E-state index contributed by atoms with van der Waals surface area (Å²) in [6.07, 6.45) is 14.9. The van der Waals surface area contributed by atoms with Crippen molar-refractivity contribution < 1.29 is 0 Å². The van der Waals surface area contributed by atoms with Crippen LogP contribution in [0.25, 0.3) is 33.8 Å². The number of hydrogen-bond donors (Lipinski definition) is 1. The van der Waals surface area contributed by atoms with E-state index >= 15 is 0 Å². The number of allylic oxidation sites excluding steroid dienone is 7. The van der Waals surface area contributed by atoms with Gasteiger partial charge in [0, 0.05) is 34.0 Å². The first-order valence-corrected chi connectivity index (χ1v) is 13.3. The van der Waals surface area contributed by atoms with E-state index in [1.165, 1.54) is 48.7 Å². The van der Waals surface area contributed by atoms with Gasteiger partial charge < -0.3 is 9.88 Å². The summed E-state index contributed by atoms with van der Waals surface area (Å²) in [5.41, 5.74) is 9.47. The predicted molar refractivity (Wildman–Crippen MR) is 160 cm³/mol. The molecule has 2 aliphatic heterocycles. The highest BCUT2D eigenvalue weighted by atomic mass is 32.2. The van der Waals surface area contributed by atoms with Crippen LogP contribution in [0.1, 0.15) is 22.4 Å². The maximum Gasteiger partial charge on any atom is 0.0562 e. The van der Waals surface area contributed by atoms with Crippen LogP contribution in [0.4, 0.5) is 0 Å². The smallest absolute Gasteiger partial charge is 0.0562 e. The van der Waals surface area contributed by atoms with Crippen molar-refractivity contribution in [2.75, 3.05) is 6.54 Å². The van der Waals surface area contributed by atoms with Gasteiger partial charge in [-0.2, -0.15) is 0 Å². The Hall–Kier alpha value is -4.21. The molecule has 0 saturated heterocycles. The van der Waals surface area contributed by atoms with Crippen LogP contribution in [0.3, 0.4) is 0 Å². The SMILES string of the molecule is C=C/C=C\Cn1c2c(c3ccc(C4=CC(c5ccccc5)=CCN4)cc31)Sc1ccccc1C(=C)/C=C\2. The molecular formula is C34H28N2S. The maximum atomic E-state index is 4.34. The summed E-state index contributed by atoms with van der Waals surface area (Å²) in [6.45, 7) is 9.77. The highest BCUT2D eigenvalue weighted by Gasteiger charge is 2.21. The third kappa shape index (κ3) is 4.43. The monoisotopic (exact) mass is 496 g/mol. The van der Waals surface area contributed by atoms with Crippen LogP contribution in [-0.2, 0) is 6.54 Å². The quantitative estimate of drug-likeness (QED) is 0.279. The molecule has 0 bridgehead atoms. The van der Waals surface area contributed by atoms with Crippen molar-refractivity contribution in [2.24, 2.45) is 0 Å². The summed E-state index contributed by atoms with van der Waals surface area (Å²) in [5.74, 6) is 0. The number of dihydropyridines is 1. The van der Waals surface area contributed by atoms with Crippen LogP contribution in [0.5, 0.6) is 0 Å². The highest BCUT2D eigenvalue weighted by molar-refractivity contribution is 7.99. The predicted octanol–water partition coefficient (Wildman–Crippen LogP) is 8.60. The minimum Gasteiger partial charge on any atom is -0.381 e. The average molecular weight is 497 g/mol. The van der Waals surface area contributed by atoms with Gasteiger partial charge in [-0.1, -0.05) is 116 Å². The van der Waals surface area contributed by atoms with Gasteiger partial charge in [0.15, 0.2) is 0 Å². The van der Waals surface area contributed by atoms with Crippen LogP contribution in [-0.4, -0.2) is 11.1 Å². The molecule has 0 amide bonds. The molecule has 0 radical (unpaired) electrons. The second-order valence-corrected chi connectivity index (χ2v) is 10.2. The Balaban J connectivity index is 1.50. The Morgan fingerprint density at radius 1 is 0.946 bits per heavy atom. The number of aromatic nitrogens is 1. The first kappa shape index (κ1) is 23.2. The summed E-state index contributed by atoms with van der Waals surface area (Å²) in [4.78, 5) is 2.51. The van der Waals surface area contributed by atoms with Gasteiger partial charge in [0.05, 0.1) is 11.2 Å². The molecule has 0 saturated carbocycles. The molecule has 2 nitrogen and oxygen atoms in total. The fourth-order valence-corrected chi connectivity index (χ4v) is 6.23. The number of hydrogen-bond acceptors (Lipinski definition) is 2. The lowest BCUT2D eigenvalue weighted by Crippen LogP contribution is -2.16. The first-order valence-electron chi connectivity index (χ1n) is 12.5. The molecule has 0 fully saturated rings. The number of nitrogens with one attached hydrogen (secondary N) is 1. The molecule has 180 valence electrons. The fourth-order valence-electron chi connectivity index (χ4n) is 4.99. The molecule has 0 spiro atoms. The summed E-state index contributed by atoms with van der Waals surface area (Å²) >= 11 is 1.83. The maximum absolute atomic E-state index is 4.34. The average Bonchev–Trinajstić information content (AvgIpc) is 3.22. The normalized spacial score (nSPS) is 15.7. The van der Waals surface area contributed by atoms with E-state index in [0.29, 0.717) is 0 Å². The topological polar surface area (TPSA) is 17.0 Å². The first-order chi connectivity index (χ1) is 18.2. The minimum atomic E-state index is 0.766. The van der Waals surface area contributed by atoms with E-state index in [1.807, 2.05) is 23.9 Å². The second kappa shape index (κ2) is 10.0. The van der Waals surface area contributed by atoms with Gasteiger partial charge in [0.2, 0.25) is 0 Å². The Bertz CT molecular complexity index is 1640. The molecule has 6 rings (SSSR count). The van der Waals surface area contributed by atoms with Crippen molar-refractivity contribution in [1.29, 1.82) is 0 Å². The van der Waals surface area contributed by atoms with Crippen LogP contribution in [0.15, 0.2) is 132 Å². The van der Waals surface area contributed by atoms with E-state index in [2.05, 4.69) is 126 Å². The zero-order valence-corrected chi connectivity index (χ0v) is 21.5. The van der Waals surface area contributed by atoms with Gasteiger partial charge in [-0.15, -0.1) is 0 Å². The summed E-state index contributed by atoms with van der Waals surface area (Å²) < 4.78 is 2.40. The van der Waals surface area contributed by atoms with E-state index in [4.69, 9.17) is 0 Å². The van der Waals surface area contributed by atoms with E-state index in [9.17, 15) is 0 Å². The molecule has 1 N–H and O–H groups in total. The highest BCUT2D eigenvalue weighted by Crippen LogP contribution is 2.44. The summed E-state index contributed by atoms with van der Waals surface area (Å²) in [6, 6.07) is 26.0. The van der Waals surface area contributed by atoms with E-state index in [-0.39, 0.29) is 0 Å². The van der Waals surface area contributed by atoms with E-state index in [1.54, 1.807) is 0 Å². The third-order valence-corrected chi connectivity index (χ3v) is 8.05. The number of rotatable bonds is 5. The number of benzene rings is 3. The van der Waals surface area contributed by atoms with Crippen molar-refractivity contribution in [3.63, 3.8) is 0 Å². The Morgan fingerprint density at radius 2 is 1.78 bits per heavy atom. The molecule has 3 aromatic carbocycles. The van der Waals surface area contributed by atoms with Crippen LogP contribution >= 0.6 is 11.8 Å². The Kier molecular flexibility index (Phi) is 6.30. The molecule has 0 atom stereocenters. The van der Waals surface area contributed by atoms with Gasteiger partial charge in [-0.25, -0.2) is 0 Å². The van der Waals surface area contributed by atoms with Gasteiger partial charge in [-0.05, 0) is 52.1 Å². The van der Waals surface area contributed by atoms with Gasteiger partial charge in [0.25, 0.3) is 0 Å². The van der Waals surface area contributed by atoms with E-state index < -0.39 is 0 Å².